The molecule has 2 heterocycles. The molecule has 0 aliphatic carbocycles. The van der Waals surface area contributed by atoms with Gasteiger partial charge in [-0.25, -0.2) is 0 Å². The molecule has 0 fully saturated rings. The van der Waals surface area contributed by atoms with Crippen LogP contribution in [0, 0.1) is 41.5 Å². The third-order valence-corrected chi connectivity index (χ3v) is 31.5. The van der Waals surface area contributed by atoms with Crippen LogP contribution in [0.2, 0.25) is 13.1 Å². The first kappa shape index (κ1) is 45.9. The monoisotopic (exact) mass is 928 g/mol. The maximum absolute atomic E-state index is 5.88. The summed E-state index contributed by atoms with van der Waals surface area (Å²) in [5, 5.41) is 5.21. The van der Waals surface area contributed by atoms with Gasteiger partial charge in [0.15, 0.2) is 0 Å². The molecule has 6 aromatic carbocycles. The van der Waals surface area contributed by atoms with Gasteiger partial charge in [-0.05, 0) is 136 Å². The van der Waals surface area contributed by atoms with Crippen molar-refractivity contribution in [1.29, 1.82) is 0 Å². The Kier molecular flexibility index (Phi) is 15.3. The van der Waals surface area contributed by atoms with Crippen LogP contribution < -0.4 is 0 Å². The number of furan rings is 2. The van der Waals surface area contributed by atoms with Gasteiger partial charge in [0.25, 0.3) is 0 Å². The van der Waals surface area contributed by atoms with Crippen molar-refractivity contribution in [2.75, 3.05) is 0 Å². The van der Waals surface area contributed by atoms with Crippen LogP contribution in [0.3, 0.4) is 0 Å². The van der Waals surface area contributed by atoms with Crippen molar-refractivity contribution in [3.05, 3.63) is 153 Å². The van der Waals surface area contributed by atoms with Gasteiger partial charge in [-0.3, -0.25) is 0 Å². The van der Waals surface area contributed by atoms with Crippen molar-refractivity contribution < 1.29 is 26.8 Å². The fraction of sp³-hybridized carbons (Fsp3) is 0.296. The molecule has 0 aliphatic heterocycles. The molecule has 0 bridgehead atoms. The number of fused-ring (bicyclic) bond motifs is 2. The number of benzene rings is 4. The van der Waals surface area contributed by atoms with Crippen LogP contribution in [0.25, 0.3) is 66.4 Å². The third kappa shape index (κ3) is 10.3. The Morgan fingerprint density at radius 2 is 0.833 bits per heavy atom. The van der Waals surface area contributed by atoms with Gasteiger partial charge in [0, 0.05) is 0 Å². The fourth-order valence-corrected chi connectivity index (χ4v) is 8.04. The summed E-state index contributed by atoms with van der Waals surface area (Å²) >= 11 is -1.65. The summed E-state index contributed by atoms with van der Waals surface area (Å²) in [5.41, 5.74) is 18.5. The standard InChI is InChI=1S/2C26H27O.C2H6Si.2ClH.Zr/c2*1-6-19-11-20(7-2)13-23(12-19)26-18(5)16(3)10-21-14-22(15-24(21)26)25-9-8-17(4)27-25;1-3-2;;;/h2*8-15H,6-7H2,1-5H3;1-2H3;2*1H;/q2*-1;;;;+2/p-2. The van der Waals surface area contributed by atoms with E-state index in [0.717, 1.165) is 59.9 Å². The summed E-state index contributed by atoms with van der Waals surface area (Å²) in [5.74, 6) is 3.79. The zero-order valence-electron chi connectivity index (χ0n) is 37.6. The summed E-state index contributed by atoms with van der Waals surface area (Å²) < 4.78 is 11.8. The first-order valence-corrected chi connectivity index (χ1v) is 34.0. The van der Waals surface area contributed by atoms with Crippen molar-refractivity contribution in [1.82, 2.24) is 0 Å². The Labute approximate surface area is 374 Å². The average molecular weight is 931 g/mol. The van der Waals surface area contributed by atoms with Gasteiger partial charge >= 0.3 is 53.5 Å². The van der Waals surface area contributed by atoms with Gasteiger partial charge in [0.2, 0.25) is 0 Å². The third-order valence-electron chi connectivity index (χ3n) is 11.8. The Morgan fingerprint density at radius 3 is 1.10 bits per heavy atom. The number of hydrogen-bond acceptors (Lipinski definition) is 2. The molecular weight excluding hydrogens is 871 g/mol. The van der Waals surface area contributed by atoms with E-state index in [1.807, 2.05) is 26.0 Å². The van der Waals surface area contributed by atoms with Gasteiger partial charge in [-0.2, -0.15) is 0 Å². The number of aryl methyl sites for hydroxylation is 8. The molecule has 0 unspecified atom stereocenters. The van der Waals surface area contributed by atoms with Gasteiger partial charge in [-0.15, -0.1) is 57.9 Å². The summed E-state index contributed by atoms with van der Waals surface area (Å²) in [4.78, 5) is 0. The van der Waals surface area contributed by atoms with E-state index in [0.29, 0.717) is 0 Å². The molecular formula is C54H60Cl2O2SiZr-2. The van der Waals surface area contributed by atoms with E-state index in [1.54, 1.807) is 0 Å². The first-order valence-electron chi connectivity index (χ1n) is 21.4. The van der Waals surface area contributed by atoms with Crippen molar-refractivity contribution in [2.24, 2.45) is 0 Å². The van der Waals surface area contributed by atoms with Crippen molar-refractivity contribution in [2.45, 2.75) is 108 Å². The molecule has 0 amide bonds. The van der Waals surface area contributed by atoms with Crippen LogP contribution in [0.4, 0.5) is 0 Å². The fourth-order valence-electron chi connectivity index (χ4n) is 8.04. The zero-order valence-corrected chi connectivity index (χ0v) is 42.6. The second kappa shape index (κ2) is 20.0. The van der Waals surface area contributed by atoms with Crippen LogP contribution in [-0.4, -0.2) is 5.43 Å². The topological polar surface area (TPSA) is 26.3 Å². The van der Waals surface area contributed by atoms with Crippen molar-refractivity contribution in [3.63, 3.8) is 0 Å². The van der Waals surface area contributed by atoms with E-state index in [-0.39, 0.29) is 5.43 Å². The quantitative estimate of drug-likeness (QED) is 0.112. The Morgan fingerprint density at radius 1 is 0.500 bits per heavy atom. The van der Waals surface area contributed by atoms with E-state index < -0.39 is 18.0 Å². The van der Waals surface area contributed by atoms with Crippen molar-refractivity contribution in [3.8, 4) is 44.9 Å². The Balaban J connectivity index is 0.000000177. The van der Waals surface area contributed by atoms with E-state index >= 15 is 0 Å². The second-order valence-corrected chi connectivity index (χ2v) is 39.4. The van der Waals surface area contributed by atoms with Crippen LogP contribution in [0.5, 0.6) is 0 Å². The molecule has 0 saturated carbocycles. The van der Waals surface area contributed by atoms with Gasteiger partial charge < -0.3 is 8.83 Å². The van der Waals surface area contributed by atoms with Crippen LogP contribution in [0.1, 0.15) is 83.7 Å². The zero-order chi connectivity index (χ0) is 43.4. The average Bonchev–Trinajstić information content (AvgIpc) is 4.06. The molecule has 0 saturated heterocycles. The first-order chi connectivity index (χ1) is 28.6. The van der Waals surface area contributed by atoms with Crippen LogP contribution >= 0.6 is 17.0 Å². The predicted octanol–water partition coefficient (Wildman–Crippen LogP) is 17.2. The molecule has 6 heteroatoms. The summed E-state index contributed by atoms with van der Waals surface area (Å²) in [7, 11) is 11.2. The minimum absolute atomic E-state index is 0.224. The molecule has 2 aromatic heterocycles. The number of rotatable bonds is 8. The minimum atomic E-state index is -1.65. The summed E-state index contributed by atoms with van der Waals surface area (Å²) in [6.45, 7) is 26.2. The molecule has 0 radical (unpaired) electrons. The molecule has 8 rings (SSSR count). The SMILES string of the molecule is CCc1cc(CC)cc(-c2c(C)c(C)cc3[cH-]c(-c4ccc(C)o4)cc23)c1.CCc1cc(CC)cc(-c2c(C)c(C)cc3[cH-]c(-c4ccc(C)o4)cc23)c1.C[Si](C)=[Zr]([Cl])[Cl]. The van der Waals surface area contributed by atoms with E-state index in [4.69, 9.17) is 25.9 Å². The molecule has 312 valence electrons. The van der Waals surface area contributed by atoms with Gasteiger partial charge in [0.05, 0.1) is 23.0 Å². The van der Waals surface area contributed by atoms with Crippen LogP contribution in [0.15, 0.2) is 106 Å². The molecule has 8 aromatic rings. The summed E-state index contributed by atoms with van der Waals surface area (Å²) in [6, 6.07) is 36.0. The molecule has 0 aliphatic rings. The van der Waals surface area contributed by atoms with Crippen molar-refractivity contribution >= 4 is 44.0 Å². The summed E-state index contributed by atoms with van der Waals surface area (Å²) in [6.07, 6.45) is 4.25. The molecule has 0 N–H and O–H groups in total. The van der Waals surface area contributed by atoms with Gasteiger partial charge in [-0.1, -0.05) is 97.5 Å². The molecule has 0 atom stereocenters. The van der Waals surface area contributed by atoms with Gasteiger partial charge in [0.1, 0.15) is 0 Å². The Bertz CT molecular complexity index is 2580. The number of halogens is 2. The molecule has 60 heavy (non-hydrogen) atoms. The maximum atomic E-state index is 5.88. The van der Waals surface area contributed by atoms with E-state index in [9.17, 15) is 0 Å². The normalized spacial score (nSPS) is 11.1. The molecule has 0 spiro atoms. The van der Waals surface area contributed by atoms with Crippen LogP contribution in [-0.2, 0) is 43.7 Å². The van der Waals surface area contributed by atoms with E-state index in [2.05, 4.69) is 153 Å². The number of hydrogen-bond donors (Lipinski definition) is 0. The Hall–Kier alpha value is -3.66. The molecule has 2 nitrogen and oxygen atoms in total. The van der Waals surface area contributed by atoms with E-state index in [1.165, 1.54) is 88.3 Å². The predicted molar refractivity (Wildman–Crippen MR) is 260 cm³/mol. The second-order valence-electron chi connectivity index (χ2n) is 16.5.